The molecule has 32 heavy (non-hydrogen) atoms. The van der Waals surface area contributed by atoms with Crippen LogP contribution in [0.4, 0.5) is 0 Å². The summed E-state index contributed by atoms with van der Waals surface area (Å²) >= 11 is 5.93. The summed E-state index contributed by atoms with van der Waals surface area (Å²) < 4.78 is 25.8. The van der Waals surface area contributed by atoms with Crippen molar-refractivity contribution in [2.45, 2.75) is 55.1 Å². The molecule has 1 amide bonds. The molecule has 1 saturated heterocycles. The Morgan fingerprint density at radius 3 is 2.06 bits per heavy atom. The van der Waals surface area contributed by atoms with E-state index >= 15 is 0 Å². The highest BCUT2D eigenvalue weighted by Crippen LogP contribution is 2.42. The molecule has 1 saturated carbocycles. The summed E-state index contributed by atoms with van der Waals surface area (Å²) in [7, 11) is -3.86. The van der Waals surface area contributed by atoms with Gasteiger partial charge in [-0.3, -0.25) is 9.59 Å². The highest BCUT2D eigenvalue weighted by Gasteiger charge is 2.54. The van der Waals surface area contributed by atoms with Gasteiger partial charge in [0.25, 0.3) is 0 Å². The molecule has 2 aliphatic rings. The Morgan fingerprint density at radius 2 is 1.50 bits per heavy atom. The Balaban J connectivity index is 1.51. The molecule has 1 aliphatic carbocycles. The van der Waals surface area contributed by atoms with Crippen molar-refractivity contribution < 1.29 is 18.0 Å². The van der Waals surface area contributed by atoms with Crippen molar-refractivity contribution in [1.82, 2.24) is 4.90 Å². The zero-order valence-corrected chi connectivity index (χ0v) is 19.8. The average molecular weight is 474 g/mol. The fraction of sp³-hybridized carbons (Fsp3) is 0.440. The summed E-state index contributed by atoms with van der Waals surface area (Å²) in [5.41, 5.74) is 1.80. The van der Waals surface area contributed by atoms with Gasteiger partial charge in [0, 0.05) is 29.6 Å². The van der Waals surface area contributed by atoms with E-state index in [2.05, 4.69) is 0 Å². The van der Waals surface area contributed by atoms with Gasteiger partial charge >= 0.3 is 0 Å². The molecule has 4 rings (SSSR count). The number of halogens is 1. The van der Waals surface area contributed by atoms with Gasteiger partial charge in [0.05, 0.1) is 4.90 Å². The molecule has 0 N–H and O–H groups in total. The number of aryl methyl sites for hydroxylation is 1. The number of sulfone groups is 1. The van der Waals surface area contributed by atoms with Crippen LogP contribution in [-0.2, 0) is 14.6 Å². The van der Waals surface area contributed by atoms with Crippen LogP contribution in [0.25, 0.3) is 0 Å². The van der Waals surface area contributed by atoms with Crippen molar-refractivity contribution >= 4 is 33.1 Å². The number of carbonyl (C=O) groups is 2. The van der Waals surface area contributed by atoms with Gasteiger partial charge in [-0.25, -0.2) is 8.42 Å². The number of hydrogen-bond donors (Lipinski definition) is 0. The highest BCUT2D eigenvalue weighted by molar-refractivity contribution is 7.93. The fourth-order valence-electron chi connectivity index (χ4n) is 4.97. The van der Waals surface area contributed by atoms with E-state index in [0.717, 1.165) is 5.56 Å². The van der Waals surface area contributed by atoms with Crippen LogP contribution >= 0.6 is 11.6 Å². The Bertz CT molecular complexity index is 1100. The average Bonchev–Trinajstić information content (AvgIpc) is 3.31. The molecule has 0 spiro atoms. The van der Waals surface area contributed by atoms with Crippen LogP contribution in [0, 0.1) is 12.8 Å². The number of benzene rings is 2. The summed E-state index contributed by atoms with van der Waals surface area (Å²) in [6, 6.07) is 13.6. The zero-order valence-electron chi connectivity index (χ0n) is 18.2. The van der Waals surface area contributed by atoms with Crippen LogP contribution in [0.15, 0.2) is 53.4 Å². The Hall–Kier alpha value is -2.18. The Labute approximate surface area is 194 Å². The molecular weight excluding hydrogens is 446 g/mol. The smallest absolute Gasteiger partial charge is 0.244 e. The first-order chi connectivity index (χ1) is 15.2. The summed E-state index contributed by atoms with van der Waals surface area (Å²) in [5, 5.41) is 0.455. The first-order valence-corrected chi connectivity index (χ1v) is 13.0. The van der Waals surface area contributed by atoms with Gasteiger partial charge in [-0.1, -0.05) is 54.3 Å². The van der Waals surface area contributed by atoms with Crippen LogP contribution in [-0.4, -0.2) is 42.8 Å². The fourth-order valence-corrected chi connectivity index (χ4v) is 7.23. The summed E-state index contributed by atoms with van der Waals surface area (Å²) in [4.78, 5) is 28.3. The Kier molecular flexibility index (Phi) is 6.46. The van der Waals surface area contributed by atoms with Crippen LogP contribution in [0.5, 0.6) is 0 Å². The van der Waals surface area contributed by atoms with Crippen LogP contribution < -0.4 is 0 Å². The molecule has 2 aromatic rings. The number of amides is 1. The van der Waals surface area contributed by atoms with E-state index in [-0.39, 0.29) is 22.5 Å². The van der Waals surface area contributed by atoms with E-state index in [4.69, 9.17) is 11.6 Å². The number of nitrogens with zero attached hydrogens (tertiary/aromatic N) is 1. The van der Waals surface area contributed by atoms with Crippen molar-refractivity contribution in [3.8, 4) is 0 Å². The minimum absolute atomic E-state index is 0.0986. The molecule has 5 nitrogen and oxygen atoms in total. The molecule has 0 radical (unpaired) electrons. The molecule has 0 atom stereocenters. The third-order valence-electron chi connectivity index (χ3n) is 6.93. The molecule has 170 valence electrons. The van der Waals surface area contributed by atoms with Crippen LogP contribution in [0.2, 0.25) is 5.02 Å². The lowest BCUT2D eigenvalue weighted by Gasteiger charge is -2.37. The number of piperidine rings is 1. The standard InChI is InChI=1S/C25H28ClNO4S/c1-18-4-6-19(7-5-18)23(28)20-12-16-27(17-13-20)24(29)25(14-2-3-15-25)32(30,31)22-10-8-21(26)9-11-22/h4-11,20H,2-3,12-17H2,1H3. The molecule has 0 bridgehead atoms. The second kappa shape index (κ2) is 8.99. The molecule has 0 aromatic heterocycles. The van der Waals surface area contributed by atoms with E-state index in [1.807, 2.05) is 31.2 Å². The number of ketones is 1. The molecule has 1 heterocycles. The third-order valence-corrected chi connectivity index (χ3v) is 9.68. The normalized spacial score (nSPS) is 19.1. The minimum Gasteiger partial charge on any atom is -0.341 e. The lowest BCUT2D eigenvalue weighted by atomic mass is 9.88. The second-order valence-corrected chi connectivity index (χ2v) is 11.7. The molecule has 1 aliphatic heterocycles. The van der Waals surface area contributed by atoms with Crippen molar-refractivity contribution in [2.24, 2.45) is 5.92 Å². The van der Waals surface area contributed by atoms with Gasteiger partial charge in [0.1, 0.15) is 0 Å². The maximum atomic E-state index is 13.6. The van der Waals surface area contributed by atoms with Gasteiger partial charge in [-0.15, -0.1) is 0 Å². The summed E-state index contributed by atoms with van der Waals surface area (Å²) in [6.45, 7) is 2.78. The summed E-state index contributed by atoms with van der Waals surface area (Å²) in [5.74, 6) is -0.359. The number of hydrogen-bond acceptors (Lipinski definition) is 4. The van der Waals surface area contributed by atoms with Gasteiger partial charge < -0.3 is 4.90 Å². The van der Waals surface area contributed by atoms with E-state index < -0.39 is 14.6 Å². The predicted molar refractivity (Wildman–Crippen MR) is 125 cm³/mol. The predicted octanol–water partition coefficient (Wildman–Crippen LogP) is 4.86. The largest absolute Gasteiger partial charge is 0.341 e. The minimum atomic E-state index is -3.86. The second-order valence-electron chi connectivity index (χ2n) is 8.96. The number of Topliss-reactive ketones (excluding diaryl/α,β-unsaturated/α-hetero) is 1. The van der Waals surface area contributed by atoms with Gasteiger partial charge in [-0.2, -0.15) is 0 Å². The van der Waals surface area contributed by atoms with Crippen molar-refractivity contribution in [2.75, 3.05) is 13.1 Å². The zero-order chi connectivity index (χ0) is 22.9. The van der Waals surface area contributed by atoms with Crippen molar-refractivity contribution in [3.63, 3.8) is 0 Å². The Morgan fingerprint density at radius 1 is 0.938 bits per heavy atom. The maximum Gasteiger partial charge on any atom is 0.244 e. The van der Waals surface area contributed by atoms with Gasteiger partial charge in [0.15, 0.2) is 20.4 Å². The van der Waals surface area contributed by atoms with Crippen LogP contribution in [0.3, 0.4) is 0 Å². The van der Waals surface area contributed by atoms with E-state index in [1.165, 1.54) is 12.1 Å². The quantitative estimate of drug-likeness (QED) is 0.581. The number of likely N-dealkylation sites (tertiary alicyclic amines) is 1. The molecule has 0 unspecified atom stereocenters. The molecule has 2 aromatic carbocycles. The first-order valence-electron chi connectivity index (χ1n) is 11.1. The monoisotopic (exact) mass is 473 g/mol. The highest BCUT2D eigenvalue weighted by atomic mass is 35.5. The molecular formula is C25H28ClNO4S. The number of carbonyl (C=O) groups excluding carboxylic acids is 2. The van der Waals surface area contributed by atoms with Crippen molar-refractivity contribution in [1.29, 1.82) is 0 Å². The van der Waals surface area contributed by atoms with E-state index in [0.29, 0.717) is 62.2 Å². The van der Waals surface area contributed by atoms with Gasteiger partial charge in [-0.05, 0) is 56.9 Å². The lowest BCUT2D eigenvalue weighted by Crippen LogP contribution is -2.54. The van der Waals surface area contributed by atoms with Crippen molar-refractivity contribution in [3.05, 3.63) is 64.7 Å². The molecule has 2 fully saturated rings. The van der Waals surface area contributed by atoms with Gasteiger partial charge in [0.2, 0.25) is 5.91 Å². The topological polar surface area (TPSA) is 71.5 Å². The lowest BCUT2D eigenvalue weighted by molar-refractivity contribution is -0.135. The number of rotatable bonds is 5. The van der Waals surface area contributed by atoms with E-state index in [9.17, 15) is 18.0 Å². The maximum absolute atomic E-state index is 13.6. The van der Waals surface area contributed by atoms with Crippen LogP contribution in [0.1, 0.15) is 54.4 Å². The summed E-state index contributed by atoms with van der Waals surface area (Å²) in [6.07, 6.45) is 3.19. The SMILES string of the molecule is Cc1ccc(C(=O)C2CCN(C(=O)C3(S(=O)(=O)c4ccc(Cl)cc4)CCCC3)CC2)cc1. The van der Waals surface area contributed by atoms with E-state index in [1.54, 1.807) is 17.0 Å². The third kappa shape index (κ3) is 4.11. The molecule has 7 heteroatoms. The first kappa shape index (κ1) is 23.0.